The van der Waals surface area contributed by atoms with E-state index < -0.39 is 5.66 Å². The molecule has 2 amide bonds. The predicted octanol–water partition coefficient (Wildman–Crippen LogP) is 2.46. The molecule has 1 atom stereocenters. The first kappa shape index (κ1) is 16.3. The quantitative estimate of drug-likeness (QED) is 0.857. The van der Waals surface area contributed by atoms with Crippen LogP contribution in [-0.4, -0.2) is 31.1 Å². The van der Waals surface area contributed by atoms with Gasteiger partial charge in [-0.15, -0.1) is 0 Å². The summed E-state index contributed by atoms with van der Waals surface area (Å²) in [6.07, 6.45) is 1.79. The summed E-state index contributed by atoms with van der Waals surface area (Å²) in [5, 5.41) is 2.87. The normalized spacial score (nSPS) is 20.1. The van der Waals surface area contributed by atoms with Gasteiger partial charge in [-0.1, -0.05) is 42.5 Å². The third-order valence-corrected chi connectivity index (χ3v) is 4.52. The zero-order chi connectivity index (χ0) is 17.0. The van der Waals surface area contributed by atoms with Crippen LogP contribution in [0.15, 0.2) is 54.6 Å². The molecular weight excluding hydrogens is 302 g/mol. The highest BCUT2D eigenvalue weighted by Gasteiger charge is 2.43. The third-order valence-electron chi connectivity index (χ3n) is 4.52. The zero-order valence-corrected chi connectivity index (χ0v) is 13.9. The number of amides is 2. The summed E-state index contributed by atoms with van der Waals surface area (Å²) in [5.74, 6) is 0.773. The summed E-state index contributed by atoms with van der Waals surface area (Å²) in [6.45, 7) is 1.02. The summed E-state index contributed by atoms with van der Waals surface area (Å²) in [5.41, 5.74) is 7.94. The van der Waals surface area contributed by atoms with Crippen LogP contribution in [0.3, 0.4) is 0 Å². The molecule has 0 bridgehead atoms. The number of carbonyl (C=O) groups excluding carboxylic acids is 1. The first-order chi connectivity index (χ1) is 11.6. The molecule has 24 heavy (non-hydrogen) atoms. The van der Waals surface area contributed by atoms with E-state index in [9.17, 15) is 4.79 Å². The molecule has 1 heterocycles. The number of carbonyl (C=O) groups is 1. The average molecular weight is 325 g/mol. The Morgan fingerprint density at radius 1 is 1.17 bits per heavy atom. The zero-order valence-electron chi connectivity index (χ0n) is 13.9. The second kappa shape index (κ2) is 6.93. The van der Waals surface area contributed by atoms with E-state index in [2.05, 4.69) is 17.4 Å². The molecule has 0 spiro atoms. The molecule has 1 unspecified atom stereocenters. The van der Waals surface area contributed by atoms with E-state index in [1.54, 1.807) is 12.0 Å². The molecule has 5 heteroatoms. The van der Waals surface area contributed by atoms with Crippen LogP contribution >= 0.6 is 0 Å². The van der Waals surface area contributed by atoms with E-state index in [0.717, 1.165) is 24.2 Å². The lowest BCUT2D eigenvalue weighted by Crippen LogP contribution is -2.52. The molecule has 126 valence electrons. The first-order valence-electron chi connectivity index (χ1n) is 8.16. The molecule has 3 rings (SSSR count). The summed E-state index contributed by atoms with van der Waals surface area (Å²) in [4.78, 5) is 14.0. The number of nitrogens with one attached hydrogen (secondary N) is 1. The van der Waals surface area contributed by atoms with Gasteiger partial charge in [0, 0.05) is 6.54 Å². The second-order valence-corrected chi connectivity index (χ2v) is 6.05. The lowest BCUT2D eigenvalue weighted by atomic mass is 9.99. The van der Waals surface area contributed by atoms with Crippen LogP contribution < -0.4 is 15.8 Å². The highest BCUT2D eigenvalue weighted by Crippen LogP contribution is 2.28. The number of ether oxygens (including phenoxy) is 1. The minimum absolute atomic E-state index is 0.110. The second-order valence-electron chi connectivity index (χ2n) is 6.05. The molecule has 1 aliphatic rings. The van der Waals surface area contributed by atoms with Crippen molar-refractivity contribution in [1.29, 1.82) is 0 Å². The summed E-state index contributed by atoms with van der Waals surface area (Å²) in [7, 11) is 1.63. The fourth-order valence-corrected chi connectivity index (χ4v) is 3.11. The molecule has 0 saturated carbocycles. The van der Waals surface area contributed by atoms with Gasteiger partial charge in [0.2, 0.25) is 0 Å². The van der Waals surface area contributed by atoms with Crippen LogP contribution in [0.1, 0.15) is 17.5 Å². The van der Waals surface area contributed by atoms with Crippen molar-refractivity contribution >= 4 is 6.03 Å². The van der Waals surface area contributed by atoms with Gasteiger partial charge >= 0.3 is 6.03 Å². The molecule has 0 radical (unpaired) electrons. The molecular formula is C19H23N3O2. The van der Waals surface area contributed by atoms with Crippen LogP contribution in [-0.2, 0) is 12.1 Å². The first-order valence-corrected chi connectivity index (χ1v) is 8.16. The maximum absolute atomic E-state index is 12.2. The molecule has 5 nitrogen and oxygen atoms in total. The van der Waals surface area contributed by atoms with E-state index >= 15 is 0 Å². The molecule has 0 aromatic heterocycles. The van der Waals surface area contributed by atoms with Gasteiger partial charge in [-0.3, -0.25) is 0 Å². The van der Waals surface area contributed by atoms with Crippen molar-refractivity contribution in [1.82, 2.24) is 10.2 Å². The van der Waals surface area contributed by atoms with E-state index in [4.69, 9.17) is 10.5 Å². The van der Waals surface area contributed by atoms with Gasteiger partial charge in [-0.05, 0) is 36.1 Å². The van der Waals surface area contributed by atoms with Crippen LogP contribution in [0.5, 0.6) is 5.75 Å². The van der Waals surface area contributed by atoms with Crippen molar-refractivity contribution in [3.8, 4) is 5.75 Å². The smallest absolute Gasteiger partial charge is 0.319 e. The predicted molar refractivity (Wildman–Crippen MR) is 93.7 cm³/mol. The SMILES string of the molecule is COc1ccc(C2(N)CNC(=O)N2CCCc2ccccc2)cc1. The van der Waals surface area contributed by atoms with Crippen LogP contribution in [0.2, 0.25) is 0 Å². The van der Waals surface area contributed by atoms with E-state index in [-0.39, 0.29) is 6.03 Å². The summed E-state index contributed by atoms with van der Waals surface area (Å²) >= 11 is 0. The lowest BCUT2D eigenvalue weighted by Gasteiger charge is -2.34. The number of aryl methyl sites for hydroxylation is 1. The van der Waals surface area contributed by atoms with E-state index in [0.29, 0.717) is 13.1 Å². The molecule has 3 N–H and O–H groups in total. The van der Waals surface area contributed by atoms with Gasteiger partial charge in [0.15, 0.2) is 0 Å². The Morgan fingerprint density at radius 2 is 1.88 bits per heavy atom. The van der Waals surface area contributed by atoms with Crippen molar-refractivity contribution in [2.45, 2.75) is 18.5 Å². The third kappa shape index (κ3) is 3.21. The number of urea groups is 1. The Balaban J connectivity index is 1.70. The number of methoxy groups -OCH3 is 1. The monoisotopic (exact) mass is 325 g/mol. The fraction of sp³-hybridized carbons (Fsp3) is 0.316. The average Bonchev–Trinajstić information content (AvgIpc) is 2.92. The highest BCUT2D eigenvalue weighted by atomic mass is 16.5. The molecule has 1 fully saturated rings. The van der Waals surface area contributed by atoms with E-state index in [1.165, 1.54) is 5.56 Å². The van der Waals surface area contributed by atoms with Crippen molar-refractivity contribution in [2.24, 2.45) is 5.73 Å². The number of nitrogens with zero attached hydrogens (tertiary/aromatic N) is 1. The minimum atomic E-state index is -0.819. The van der Waals surface area contributed by atoms with Crippen LogP contribution in [0.25, 0.3) is 0 Å². The molecule has 2 aromatic rings. The number of nitrogens with two attached hydrogens (primary N) is 1. The van der Waals surface area contributed by atoms with Gasteiger partial charge in [-0.2, -0.15) is 0 Å². The standard InChI is InChI=1S/C19H23N3O2/c1-24-17-11-9-16(10-12-17)19(20)14-21-18(23)22(19)13-5-8-15-6-3-2-4-7-15/h2-4,6-7,9-12H,5,8,13-14,20H2,1H3,(H,21,23). The Morgan fingerprint density at radius 3 is 2.54 bits per heavy atom. The number of benzene rings is 2. The van der Waals surface area contributed by atoms with Gasteiger partial charge in [0.05, 0.1) is 13.7 Å². The highest BCUT2D eigenvalue weighted by molar-refractivity contribution is 5.78. The maximum Gasteiger partial charge on any atom is 0.319 e. The van der Waals surface area contributed by atoms with Crippen LogP contribution in [0, 0.1) is 0 Å². The Hall–Kier alpha value is -2.53. The van der Waals surface area contributed by atoms with Crippen molar-refractivity contribution in [3.05, 3.63) is 65.7 Å². The summed E-state index contributed by atoms with van der Waals surface area (Å²) in [6, 6.07) is 17.7. The molecule has 0 aliphatic carbocycles. The number of rotatable bonds is 6. The lowest BCUT2D eigenvalue weighted by molar-refractivity contribution is 0.158. The largest absolute Gasteiger partial charge is 0.497 e. The Kier molecular flexibility index (Phi) is 4.71. The Labute approximate surface area is 142 Å². The number of hydrogen-bond acceptors (Lipinski definition) is 3. The van der Waals surface area contributed by atoms with Crippen molar-refractivity contribution in [3.63, 3.8) is 0 Å². The van der Waals surface area contributed by atoms with Gasteiger partial charge < -0.3 is 20.7 Å². The van der Waals surface area contributed by atoms with Crippen molar-refractivity contribution in [2.75, 3.05) is 20.2 Å². The topological polar surface area (TPSA) is 67.6 Å². The van der Waals surface area contributed by atoms with Gasteiger partial charge in [0.1, 0.15) is 11.4 Å². The fourth-order valence-electron chi connectivity index (χ4n) is 3.11. The maximum atomic E-state index is 12.2. The minimum Gasteiger partial charge on any atom is -0.497 e. The van der Waals surface area contributed by atoms with Gasteiger partial charge in [-0.25, -0.2) is 4.79 Å². The Bertz CT molecular complexity index is 688. The van der Waals surface area contributed by atoms with Crippen molar-refractivity contribution < 1.29 is 9.53 Å². The van der Waals surface area contributed by atoms with Gasteiger partial charge in [0.25, 0.3) is 0 Å². The molecule has 1 aliphatic heterocycles. The van der Waals surface area contributed by atoms with Crippen LogP contribution in [0.4, 0.5) is 4.79 Å². The number of hydrogen-bond donors (Lipinski definition) is 2. The molecule has 2 aromatic carbocycles. The molecule has 1 saturated heterocycles. The van der Waals surface area contributed by atoms with E-state index in [1.807, 2.05) is 42.5 Å². The summed E-state index contributed by atoms with van der Waals surface area (Å²) < 4.78 is 5.19.